The summed E-state index contributed by atoms with van der Waals surface area (Å²) in [5.74, 6) is -5.43. The first-order valence-corrected chi connectivity index (χ1v) is 7.13. The molecule has 6 heteroatoms. The van der Waals surface area contributed by atoms with Crippen LogP contribution in [0.5, 0.6) is 0 Å². The van der Waals surface area contributed by atoms with Crippen molar-refractivity contribution < 1.29 is 78.9 Å². The van der Waals surface area contributed by atoms with Crippen LogP contribution in [0.15, 0.2) is 60.7 Å². The zero-order valence-corrected chi connectivity index (χ0v) is 17.7. The summed E-state index contributed by atoms with van der Waals surface area (Å²) >= 11 is 0. The molecule has 1 aliphatic rings. The summed E-state index contributed by atoms with van der Waals surface area (Å²) in [7, 11) is 0. The Morgan fingerprint density at radius 1 is 0.625 bits per heavy atom. The second-order valence-electron chi connectivity index (χ2n) is 5.56. The van der Waals surface area contributed by atoms with E-state index in [9.17, 15) is 19.8 Å². The quantitative estimate of drug-likeness (QED) is 0.520. The van der Waals surface area contributed by atoms with E-state index >= 15 is 0 Å². The van der Waals surface area contributed by atoms with Gasteiger partial charge in [-0.1, -0.05) is 60.7 Å². The van der Waals surface area contributed by atoms with E-state index in [1.807, 2.05) is 0 Å². The third kappa shape index (κ3) is 3.96. The fraction of sp³-hybridized carbons (Fsp3) is 0.222. The molecule has 0 saturated heterocycles. The Kier molecular flexibility index (Phi) is 8.20. The van der Waals surface area contributed by atoms with Crippen molar-refractivity contribution in [2.75, 3.05) is 0 Å². The molecule has 4 nitrogen and oxygen atoms in total. The first-order valence-electron chi connectivity index (χ1n) is 7.13. The van der Waals surface area contributed by atoms with Gasteiger partial charge in [0.15, 0.2) is 0 Å². The number of rotatable bonds is 4. The second-order valence-corrected chi connectivity index (χ2v) is 5.56. The average molecular weight is 340 g/mol. The fourth-order valence-electron chi connectivity index (χ4n) is 3.51. The third-order valence-corrected chi connectivity index (χ3v) is 4.46. The van der Waals surface area contributed by atoms with Gasteiger partial charge in [0, 0.05) is 35.6 Å². The number of carboxylic acids is 2. The van der Waals surface area contributed by atoms with Gasteiger partial charge in [-0.3, -0.25) is 0 Å². The predicted octanol–water partition coefficient (Wildman–Crippen LogP) is -5.69. The van der Waals surface area contributed by atoms with Gasteiger partial charge in [-0.2, -0.15) is 0 Å². The molecule has 2 aromatic carbocycles. The van der Waals surface area contributed by atoms with Crippen LogP contribution in [0.25, 0.3) is 0 Å². The average Bonchev–Trinajstić information content (AvgIpc) is 2.47. The molecule has 112 valence electrons. The summed E-state index contributed by atoms with van der Waals surface area (Å²) in [5.41, 5.74) is 1.39. The Morgan fingerprint density at radius 3 is 1.17 bits per heavy atom. The zero-order valence-electron chi connectivity index (χ0n) is 13.7. The topological polar surface area (TPSA) is 80.3 Å². The van der Waals surface area contributed by atoms with Crippen molar-refractivity contribution in [3.8, 4) is 0 Å². The summed E-state index contributed by atoms with van der Waals surface area (Å²) in [4.78, 5) is 23.2. The molecule has 24 heavy (non-hydrogen) atoms. The molecule has 1 saturated carbocycles. The minimum absolute atomic E-state index is 0. The molecule has 0 aromatic heterocycles. The molecular formula is C18H14Na2O4. The number of hydrogen-bond donors (Lipinski definition) is 0. The van der Waals surface area contributed by atoms with Crippen molar-refractivity contribution in [3.05, 3.63) is 71.8 Å². The molecule has 0 heterocycles. The van der Waals surface area contributed by atoms with Gasteiger partial charge >= 0.3 is 59.1 Å². The Bertz CT molecular complexity index is 621. The van der Waals surface area contributed by atoms with Crippen LogP contribution in [-0.4, -0.2) is 11.9 Å². The van der Waals surface area contributed by atoms with Crippen LogP contribution in [0.2, 0.25) is 0 Å². The van der Waals surface area contributed by atoms with Crippen LogP contribution in [-0.2, 0) is 9.59 Å². The largest absolute Gasteiger partial charge is 1.00 e. The minimum Gasteiger partial charge on any atom is -0.550 e. The van der Waals surface area contributed by atoms with Crippen LogP contribution in [0.3, 0.4) is 0 Å². The van der Waals surface area contributed by atoms with Crippen molar-refractivity contribution in [2.45, 2.75) is 11.8 Å². The van der Waals surface area contributed by atoms with Crippen molar-refractivity contribution in [3.63, 3.8) is 0 Å². The molecule has 0 spiro atoms. The number of benzene rings is 2. The van der Waals surface area contributed by atoms with Crippen LogP contribution in [0.4, 0.5) is 0 Å². The Hall–Kier alpha value is -0.620. The number of carbonyl (C=O) groups is 2. The number of hydrogen-bond acceptors (Lipinski definition) is 4. The van der Waals surface area contributed by atoms with Gasteiger partial charge in [-0.25, -0.2) is 0 Å². The normalized spacial score (nSPS) is 24.7. The molecular weight excluding hydrogens is 326 g/mol. The van der Waals surface area contributed by atoms with Gasteiger partial charge in [0.1, 0.15) is 0 Å². The summed E-state index contributed by atoms with van der Waals surface area (Å²) in [5, 5.41) is 23.2. The Morgan fingerprint density at radius 2 is 0.917 bits per heavy atom. The monoisotopic (exact) mass is 340 g/mol. The molecule has 0 N–H and O–H groups in total. The zero-order chi connectivity index (χ0) is 15.7. The number of carboxylic acid groups (broad SMARTS) is 2. The summed E-state index contributed by atoms with van der Waals surface area (Å²) in [6, 6.07) is 17.7. The SMILES string of the molecule is O=C([O-])C1C(c2ccccc2)C(C(=O)[O-])C1c1ccccc1.[Na+].[Na+]. The molecule has 0 unspecified atom stereocenters. The fourth-order valence-corrected chi connectivity index (χ4v) is 3.51. The minimum atomic E-state index is -1.22. The Balaban J connectivity index is 0.00000144. The van der Waals surface area contributed by atoms with Gasteiger partial charge in [-0.05, 0) is 11.1 Å². The van der Waals surface area contributed by atoms with Gasteiger partial charge in [0.05, 0.1) is 0 Å². The molecule has 0 amide bonds. The van der Waals surface area contributed by atoms with E-state index in [2.05, 4.69) is 0 Å². The molecule has 1 fully saturated rings. The van der Waals surface area contributed by atoms with E-state index in [0.717, 1.165) is 0 Å². The van der Waals surface area contributed by atoms with E-state index in [1.54, 1.807) is 60.7 Å². The molecule has 0 atom stereocenters. The molecule has 0 bridgehead atoms. The van der Waals surface area contributed by atoms with Crippen molar-refractivity contribution >= 4 is 11.9 Å². The van der Waals surface area contributed by atoms with Crippen LogP contribution in [0, 0.1) is 11.8 Å². The van der Waals surface area contributed by atoms with Crippen molar-refractivity contribution in [2.24, 2.45) is 11.8 Å². The van der Waals surface area contributed by atoms with Gasteiger partial charge < -0.3 is 19.8 Å². The Labute approximate surface area is 184 Å². The molecule has 0 aliphatic heterocycles. The van der Waals surface area contributed by atoms with Crippen LogP contribution in [0.1, 0.15) is 23.0 Å². The second kappa shape index (κ2) is 9.18. The molecule has 1 aliphatic carbocycles. The van der Waals surface area contributed by atoms with Gasteiger partial charge in [0.25, 0.3) is 0 Å². The first-order chi connectivity index (χ1) is 10.6. The maximum absolute atomic E-state index is 11.6. The van der Waals surface area contributed by atoms with E-state index in [1.165, 1.54) is 0 Å². The molecule has 2 aromatic rings. The summed E-state index contributed by atoms with van der Waals surface area (Å²) in [6.45, 7) is 0. The third-order valence-electron chi connectivity index (χ3n) is 4.46. The first kappa shape index (κ1) is 21.4. The maximum Gasteiger partial charge on any atom is 1.00 e. The summed E-state index contributed by atoms with van der Waals surface area (Å²) in [6.07, 6.45) is 0. The van der Waals surface area contributed by atoms with E-state index in [0.29, 0.717) is 11.1 Å². The predicted molar refractivity (Wildman–Crippen MR) is 75.4 cm³/mol. The van der Waals surface area contributed by atoms with Crippen LogP contribution >= 0.6 is 0 Å². The van der Waals surface area contributed by atoms with Crippen molar-refractivity contribution in [1.82, 2.24) is 0 Å². The van der Waals surface area contributed by atoms with Gasteiger partial charge in [-0.15, -0.1) is 0 Å². The smallest absolute Gasteiger partial charge is 0.550 e. The molecule has 0 radical (unpaired) electrons. The van der Waals surface area contributed by atoms with Crippen molar-refractivity contribution in [1.29, 1.82) is 0 Å². The maximum atomic E-state index is 11.6. The van der Waals surface area contributed by atoms with Crippen LogP contribution < -0.4 is 69.3 Å². The van der Waals surface area contributed by atoms with E-state index in [4.69, 9.17) is 0 Å². The standard InChI is InChI=1S/C18H16O4.2Na/c19-17(20)15-13(11-7-3-1-4-8-11)16(18(21)22)14(15)12-9-5-2-6-10-12;;/h1-10,13-16H,(H,19,20)(H,21,22);;/q;2*+1/p-2. The number of carbonyl (C=O) groups excluding carboxylic acids is 2. The number of aliphatic carboxylic acids is 2. The molecule has 3 rings (SSSR count). The summed E-state index contributed by atoms with van der Waals surface area (Å²) < 4.78 is 0. The van der Waals surface area contributed by atoms with E-state index < -0.39 is 35.6 Å². The van der Waals surface area contributed by atoms with Gasteiger partial charge in [0.2, 0.25) is 0 Å². The van der Waals surface area contributed by atoms with E-state index in [-0.39, 0.29) is 59.1 Å².